The van der Waals surface area contributed by atoms with E-state index in [2.05, 4.69) is 66.8 Å². The molecule has 0 bridgehead atoms. The standard InChI is InChI=1S/C21H26BrFN4.HI/c1-24-21(25-14-17-13-18(22)7-8-20(17)23)26-19-9-11-27(12-10-19)15-16-5-3-2-4-6-16;/h2-8,13,19H,9-12,14-15H2,1H3,(H2,24,25,26);1H. The third kappa shape index (κ3) is 7.00. The molecule has 0 aromatic heterocycles. The first kappa shape index (κ1) is 23.1. The van der Waals surface area contributed by atoms with Crippen LogP contribution in [0.3, 0.4) is 0 Å². The smallest absolute Gasteiger partial charge is 0.191 e. The van der Waals surface area contributed by atoms with Crippen molar-refractivity contribution in [1.82, 2.24) is 15.5 Å². The lowest BCUT2D eigenvalue weighted by atomic mass is 10.0. The maximum absolute atomic E-state index is 13.9. The molecule has 1 aliphatic rings. The molecule has 1 aliphatic heterocycles. The topological polar surface area (TPSA) is 39.7 Å². The highest BCUT2D eigenvalue weighted by Crippen LogP contribution is 2.16. The van der Waals surface area contributed by atoms with Crippen molar-refractivity contribution in [2.75, 3.05) is 20.1 Å². The van der Waals surface area contributed by atoms with Gasteiger partial charge in [-0.25, -0.2) is 4.39 Å². The number of nitrogens with one attached hydrogen (secondary N) is 2. The van der Waals surface area contributed by atoms with Gasteiger partial charge < -0.3 is 10.6 Å². The Labute approximate surface area is 192 Å². The zero-order valence-corrected chi connectivity index (χ0v) is 19.9. The Kier molecular flexibility index (Phi) is 9.67. The average molecular weight is 561 g/mol. The Morgan fingerprint density at radius 2 is 1.89 bits per heavy atom. The Bertz CT molecular complexity index is 764. The van der Waals surface area contributed by atoms with Gasteiger partial charge in [-0.15, -0.1) is 24.0 Å². The molecule has 1 saturated heterocycles. The maximum Gasteiger partial charge on any atom is 0.191 e. The third-order valence-electron chi connectivity index (χ3n) is 4.86. The van der Waals surface area contributed by atoms with Crippen molar-refractivity contribution in [1.29, 1.82) is 0 Å². The van der Waals surface area contributed by atoms with Gasteiger partial charge in [0.15, 0.2) is 5.96 Å². The fourth-order valence-electron chi connectivity index (χ4n) is 3.32. The summed E-state index contributed by atoms with van der Waals surface area (Å²) in [5, 5.41) is 6.69. The largest absolute Gasteiger partial charge is 0.354 e. The van der Waals surface area contributed by atoms with E-state index in [1.54, 1.807) is 19.2 Å². The SMILES string of the molecule is CN=C(NCc1cc(Br)ccc1F)NC1CCN(Cc2ccccc2)CC1.I. The zero-order chi connectivity index (χ0) is 19.1. The molecule has 1 heterocycles. The van der Waals surface area contributed by atoms with Gasteiger partial charge in [0, 0.05) is 49.3 Å². The molecule has 0 atom stereocenters. The molecule has 152 valence electrons. The number of hydrogen-bond acceptors (Lipinski definition) is 2. The molecule has 2 aromatic rings. The summed E-state index contributed by atoms with van der Waals surface area (Å²) in [5.74, 6) is 0.506. The molecule has 0 unspecified atom stereocenters. The van der Waals surface area contributed by atoms with Crippen molar-refractivity contribution >= 4 is 45.9 Å². The fraction of sp³-hybridized carbons (Fsp3) is 0.381. The number of nitrogens with zero attached hydrogens (tertiary/aromatic N) is 2. The summed E-state index contributed by atoms with van der Waals surface area (Å²) >= 11 is 3.38. The normalized spacial score (nSPS) is 15.8. The van der Waals surface area contributed by atoms with Crippen molar-refractivity contribution in [2.24, 2.45) is 4.99 Å². The van der Waals surface area contributed by atoms with E-state index in [4.69, 9.17) is 0 Å². The molecule has 0 radical (unpaired) electrons. The molecule has 0 amide bonds. The first-order chi connectivity index (χ1) is 13.1. The Morgan fingerprint density at radius 1 is 1.18 bits per heavy atom. The lowest BCUT2D eigenvalue weighted by Gasteiger charge is -2.33. The van der Waals surface area contributed by atoms with Gasteiger partial charge in [-0.05, 0) is 36.6 Å². The Hall–Kier alpha value is -1.19. The quantitative estimate of drug-likeness (QED) is 0.320. The second-order valence-electron chi connectivity index (χ2n) is 6.84. The van der Waals surface area contributed by atoms with E-state index in [0.29, 0.717) is 18.2 Å². The Balaban J connectivity index is 0.00000280. The van der Waals surface area contributed by atoms with Crippen molar-refractivity contribution in [2.45, 2.75) is 32.0 Å². The van der Waals surface area contributed by atoms with Crippen LogP contribution in [0.4, 0.5) is 4.39 Å². The second kappa shape index (κ2) is 11.7. The first-order valence-corrected chi connectivity index (χ1v) is 10.1. The number of guanidine groups is 1. The predicted molar refractivity (Wildman–Crippen MR) is 128 cm³/mol. The highest BCUT2D eigenvalue weighted by molar-refractivity contribution is 14.0. The highest BCUT2D eigenvalue weighted by atomic mass is 127. The summed E-state index contributed by atoms with van der Waals surface area (Å²) in [7, 11) is 1.75. The van der Waals surface area contributed by atoms with Gasteiger partial charge in [0.25, 0.3) is 0 Å². The van der Waals surface area contributed by atoms with Crippen molar-refractivity contribution in [3.05, 3.63) is 69.9 Å². The fourth-order valence-corrected chi connectivity index (χ4v) is 3.73. The summed E-state index contributed by atoms with van der Waals surface area (Å²) in [5.41, 5.74) is 1.97. The van der Waals surface area contributed by atoms with E-state index in [1.165, 1.54) is 11.6 Å². The number of hydrogen-bond donors (Lipinski definition) is 2. The van der Waals surface area contributed by atoms with Crippen LogP contribution in [0.1, 0.15) is 24.0 Å². The molecular formula is C21H27BrFIN4. The van der Waals surface area contributed by atoms with Crippen LogP contribution in [-0.4, -0.2) is 37.0 Å². The summed E-state index contributed by atoms with van der Waals surface area (Å²) in [4.78, 5) is 6.77. The van der Waals surface area contributed by atoms with Crippen molar-refractivity contribution < 1.29 is 4.39 Å². The Morgan fingerprint density at radius 3 is 2.57 bits per heavy atom. The molecular weight excluding hydrogens is 534 g/mol. The van der Waals surface area contributed by atoms with Crippen LogP contribution in [0.25, 0.3) is 0 Å². The van der Waals surface area contributed by atoms with Gasteiger partial charge in [-0.3, -0.25) is 9.89 Å². The van der Waals surface area contributed by atoms with Crippen LogP contribution in [0.2, 0.25) is 0 Å². The lowest BCUT2D eigenvalue weighted by molar-refractivity contribution is 0.198. The predicted octanol–water partition coefficient (Wildman–Crippen LogP) is 4.54. The van der Waals surface area contributed by atoms with Crippen LogP contribution < -0.4 is 10.6 Å². The zero-order valence-electron chi connectivity index (χ0n) is 16.0. The molecule has 4 nitrogen and oxygen atoms in total. The van der Waals surface area contributed by atoms with E-state index in [0.717, 1.165) is 42.9 Å². The highest BCUT2D eigenvalue weighted by Gasteiger charge is 2.20. The van der Waals surface area contributed by atoms with Crippen LogP contribution >= 0.6 is 39.9 Å². The van der Waals surface area contributed by atoms with E-state index in [9.17, 15) is 4.39 Å². The van der Waals surface area contributed by atoms with Gasteiger partial charge in [0.1, 0.15) is 5.82 Å². The number of piperidine rings is 1. The number of aliphatic imine (C=N–C) groups is 1. The summed E-state index contributed by atoms with van der Waals surface area (Å²) in [6.45, 7) is 3.52. The molecule has 1 fully saturated rings. The summed E-state index contributed by atoms with van der Waals surface area (Å²) < 4.78 is 14.7. The van der Waals surface area contributed by atoms with Crippen molar-refractivity contribution in [3.8, 4) is 0 Å². The number of likely N-dealkylation sites (tertiary alicyclic amines) is 1. The van der Waals surface area contributed by atoms with Gasteiger partial charge in [-0.2, -0.15) is 0 Å². The molecule has 7 heteroatoms. The van der Waals surface area contributed by atoms with Crippen LogP contribution in [0, 0.1) is 5.82 Å². The summed E-state index contributed by atoms with van der Waals surface area (Å²) in [6.07, 6.45) is 2.14. The molecule has 28 heavy (non-hydrogen) atoms. The maximum atomic E-state index is 13.9. The monoisotopic (exact) mass is 560 g/mol. The van der Waals surface area contributed by atoms with Gasteiger partial charge in [0.2, 0.25) is 0 Å². The van der Waals surface area contributed by atoms with Crippen LogP contribution in [0.15, 0.2) is 58.0 Å². The molecule has 2 N–H and O–H groups in total. The number of halogens is 3. The van der Waals surface area contributed by atoms with Gasteiger partial charge in [0.05, 0.1) is 0 Å². The van der Waals surface area contributed by atoms with Crippen LogP contribution in [-0.2, 0) is 13.1 Å². The average Bonchev–Trinajstić information content (AvgIpc) is 2.69. The molecule has 0 saturated carbocycles. The van der Waals surface area contributed by atoms with Crippen molar-refractivity contribution in [3.63, 3.8) is 0 Å². The number of benzene rings is 2. The van der Waals surface area contributed by atoms with Gasteiger partial charge in [-0.1, -0.05) is 46.3 Å². The second-order valence-corrected chi connectivity index (χ2v) is 7.76. The molecule has 0 aliphatic carbocycles. The summed E-state index contributed by atoms with van der Waals surface area (Å²) in [6, 6.07) is 15.9. The minimum atomic E-state index is -0.213. The minimum absolute atomic E-state index is 0. The first-order valence-electron chi connectivity index (χ1n) is 9.31. The van der Waals surface area contributed by atoms with E-state index >= 15 is 0 Å². The van der Waals surface area contributed by atoms with E-state index in [-0.39, 0.29) is 29.8 Å². The molecule has 3 rings (SSSR count). The lowest BCUT2D eigenvalue weighted by Crippen LogP contribution is -2.48. The van der Waals surface area contributed by atoms with E-state index in [1.807, 2.05) is 0 Å². The minimum Gasteiger partial charge on any atom is -0.354 e. The third-order valence-corrected chi connectivity index (χ3v) is 5.35. The molecule has 2 aromatic carbocycles. The van der Waals surface area contributed by atoms with Gasteiger partial charge >= 0.3 is 0 Å². The van der Waals surface area contributed by atoms with E-state index < -0.39 is 0 Å². The molecule has 0 spiro atoms. The number of rotatable bonds is 5. The van der Waals surface area contributed by atoms with Crippen LogP contribution in [0.5, 0.6) is 0 Å².